The molecule has 0 spiro atoms. The Bertz CT molecular complexity index is 482. The van der Waals surface area contributed by atoms with Crippen molar-refractivity contribution < 1.29 is 9.90 Å². The summed E-state index contributed by atoms with van der Waals surface area (Å²) in [6.45, 7) is -0.136. The van der Waals surface area contributed by atoms with Crippen molar-refractivity contribution in [2.45, 2.75) is 6.61 Å². The van der Waals surface area contributed by atoms with E-state index in [2.05, 4.69) is 10.3 Å². The van der Waals surface area contributed by atoms with Gasteiger partial charge in [-0.3, -0.25) is 4.79 Å². The Morgan fingerprint density at radius 1 is 1.38 bits per heavy atom. The van der Waals surface area contributed by atoms with Gasteiger partial charge in [0.15, 0.2) is 0 Å². The fraction of sp³-hybridized carbons (Fsp3) is 0.0909. The van der Waals surface area contributed by atoms with Gasteiger partial charge in [-0.1, -0.05) is 12.1 Å². The summed E-state index contributed by atoms with van der Waals surface area (Å²) >= 11 is 1.37. The van der Waals surface area contributed by atoms with Gasteiger partial charge in [-0.25, -0.2) is 4.98 Å². The topological polar surface area (TPSA) is 62.2 Å². The second kappa shape index (κ2) is 4.87. The Labute approximate surface area is 96.6 Å². The first-order valence-electron chi connectivity index (χ1n) is 4.71. The number of nitrogens with zero attached hydrogens (tertiary/aromatic N) is 1. The van der Waals surface area contributed by atoms with Crippen LogP contribution < -0.4 is 5.32 Å². The zero-order valence-electron chi connectivity index (χ0n) is 8.38. The monoisotopic (exact) mass is 234 g/mol. The number of pyridine rings is 1. The van der Waals surface area contributed by atoms with Gasteiger partial charge in [0.2, 0.25) is 0 Å². The zero-order chi connectivity index (χ0) is 11.4. The maximum Gasteiger partial charge on any atom is 0.266 e. The minimum atomic E-state index is -0.183. The van der Waals surface area contributed by atoms with E-state index in [0.29, 0.717) is 16.4 Å². The molecule has 1 amide bonds. The summed E-state index contributed by atoms with van der Waals surface area (Å²) in [5, 5.41) is 13.4. The molecule has 2 heterocycles. The number of hydrogen-bond donors (Lipinski definition) is 2. The molecule has 5 heteroatoms. The van der Waals surface area contributed by atoms with Crippen LogP contribution in [0, 0.1) is 0 Å². The standard InChI is InChI=1S/C11H10N2O2S/c14-7-8-3-1-5-10(12-8)13-11(15)9-4-2-6-16-9/h1-6,14H,7H2,(H,12,13,15). The van der Waals surface area contributed by atoms with Gasteiger partial charge in [-0.2, -0.15) is 0 Å². The summed E-state index contributed by atoms with van der Waals surface area (Å²) in [4.78, 5) is 16.4. The molecule has 0 bridgehead atoms. The van der Waals surface area contributed by atoms with E-state index < -0.39 is 0 Å². The molecule has 0 saturated heterocycles. The molecule has 0 unspecified atom stereocenters. The fourth-order valence-corrected chi connectivity index (χ4v) is 1.84. The SMILES string of the molecule is O=C(Nc1cccc(CO)n1)c1cccs1. The first-order valence-corrected chi connectivity index (χ1v) is 5.59. The number of aliphatic hydroxyl groups excluding tert-OH is 1. The van der Waals surface area contributed by atoms with E-state index >= 15 is 0 Å². The molecule has 2 rings (SSSR count). The van der Waals surface area contributed by atoms with Gasteiger partial charge in [0, 0.05) is 0 Å². The molecule has 2 N–H and O–H groups in total. The first kappa shape index (κ1) is 10.8. The normalized spacial score (nSPS) is 10.1. The quantitative estimate of drug-likeness (QED) is 0.852. The van der Waals surface area contributed by atoms with Gasteiger partial charge >= 0.3 is 0 Å². The molecule has 82 valence electrons. The first-order chi connectivity index (χ1) is 7.79. The largest absolute Gasteiger partial charge is 0.390 e. The molecule has 0 radical (unpaired) electrons. The average Bonchev–Trinajstić information content (AvgIpc) is 2.83. The number of aliphatic hydroxyl groups is 1. The maximum absolute atomic E-state index is 11.7. The Kier molecular flexibility index (Phi) is 3.28. The molecule has 16 heavy (non-hydrogen) atoms. The van der Waals surface area contributed by atoms with Crippen LogP contribution in [0.25, 0.3) is 0 Å². The van der Waals surface area contributed by atoms with Crippen LogP contribution >= 0.6 is 11.3 Å². The molecule has 0 aliphatic rings. The van der Waals surface area contributed by atoms with E-state index in [-0.39, 0.29) is 12.5 Å². The Morgan fingerprint density at radius 2 is 2.25 bits per heavy atom. The van der Waals surface area contributed by atoms with Crippen LogP contribution in [0.1, 0.15) is 15.4 Å². The van der Waals surface area contributed by atoms with E-state index in [9.17, 15) is 4.79 Å². The number of anilines is 1. The summed E-state index contributed by atoms with van der Waals surface area (Å²) in [7, 11) is 0. The molecule has 0 fully saturated rings. The summed E-state index contributed by atoms with van der Waals surface area (Å²) < 4.78 is 0. The lowest BCUT2D eigenvalue weighted by Crippen LogP contribution is -2.11. The van der Waals surface area contributed by atoms with Crippen LogP contribution in [0.3, 0.4) is 0 Å². The lowest BCUT2D eigenvalue weighted by molar-refractivity contribution is 0.103. The lowest BCUT2D eigenvalue weighted by atomic mass is 10.3. The minimum absolute atomic E-state index is 0.136. The molecule has 0 aliphatic carbocycles. The number of hydrogen-bond acceptors (Lipinski definition) is 4. The second-order valence-corrected chi connectivity index (χ2v) is 4.05. The van der Waals surface area contributed by atoms with Crippen molar-refractivity contribution in [2.75, 3.05) is 5.32 Å². The van der Waals surface area contributed by atoms with Crippen molar-refractivity contribution in [3.63, 3.8) is 0 Å². The van der Waals surface area contributed by atoms with E-state index in [4.69, 9.17) is 5.11 Å². The van der Waals surface area contributed by atoms with Crippen LogP contribution in [-0.4, -0.2) is 16.0 Å². The highest BCUT2D eigenvalue weighted by Crippen LogP contribution is 2.12. The maximum atomic E-state index is 11.7. The number of rotatable bonds is 3. The van der Waals surface area contributed by atoms with Crippen LogP contribution in [0.2, 0.25) is 0 Å². The van der Waals surface area contributed by atoms with Crippen LogP contribution in [0.4, 0.5) is 5.82 Å². The predicted octanol–water partition coefficient (Wildman–Crippen LogP) is 1.89. The van der Waals surface area contributed by atoms with Crippen LogP contribution in [-0.2, 0) is 6.61 Å². The highest BCUT2D eigenvalue weighted by molar-refractivity contribution is 7.12. The molecule has 2 aromatic rings. The van der Waals surface area contributed by atoms with E-state index in [0.717, 1.165) is 0 Å². The molecule has 4 nitrogen and oxygen atoms in total. The zero-order valence-corrected chi connectivity index (χ0v) is 9.20. The van der Waals surface area contributed by atoms with Crippen molar-refractivity contribution in [1.82, 2.24) is 4.98 Å². The van der Waals surface area contributed by atoms with Gasteiger partial charge in [0.05, 0.1) is 17.2 Å². The van der Waals surface area contributed by atoms with Crippen molar-refractivity contribution in [3.05, 3.63) is 46.3 Å². The Hall–Kier alpha value is -1.72. The van der Waals surface area contributed by atoms with Crippen molar-refractivity contribution >= 4 is 23.1 Å². The number of carbonyl (C=O) groups excluding carboxylic acids is 1. The van der Waals surface area contributed by atoms with Gasteiger partial charge in [-0.05, 0) is 23.6 Å². The van der Waals surface area contributed by atoms with E-state index in [1.807, 2.05) is 11.4 Å². The number of aromatic nitrogens is 1. The number of nitrogens with one attached hydrogen (secondary N) is 1. The predicted molar refractivity (Wildman–Crippen MR) is 62.4 cm³/mol. The number of thiophene rings is 1. The third-order valence-corrected chi connectivity index (χ3v) is 2.82. The Morgan fingerprint density at radius 3 is 2.94 bits per heavy atom. The summed E-state index contributed by atoms with van der Waals surface area (Å²) in [5.41, 5.74) is 0.531. The summed E-state index contributed by atoms with van der Waals surface area (Å²) in [5.74, 6) is 0.266. The molecule has 0 atom stereocenters. The number of amides is 1. The average molecular weight is 234 g/mol. The van der Waals surface area contributed by atoms with Crippen LogP contribution in [0.15, 0.2) is 35.7 Å². The minimum Gasteiger partial charge on any atom is -0.390 e. The molecular formula is C11H10N2O2S. The molecule has 0 aliphatic heterocycles. The van der Waals surface area contributed by atoms with Gasteiger partial charge in [-0.15, -0.1) is 11.3 Å². The third-order valence-electron chi connectivity index (χ3n) is 1.96. The number of carbonyl (C=O) groups is 1. The van der Waals surface area contributed by atoms with Crippen molar-refractivity contribution in [3.8, 4) is 0 Å². The molecule has 0 aromatic carbocycles. The van der Waals surface area contributed by atoms with E-state index in [1.54, 1.807) is 24.3 Å². The highest BCUT2D eigenvalue weighted by Gasteiger charge is 2.07. The lowest BCUT2D eigenvalue weighted by Gasteiger charge is -2.03. The highest BCUT2D eigenvalue weighted by atomic mass is 32.1. The van der Waals surface area contributed by atoms with E-state index in [1.165, 1.54) is 11.3 Å². The van der Waals surface area contributed by atoms with Gasteiger partial charge < -0.3 is 10.4 Å². The van der Waals surface area contributed by atoms with Crippen molar-refractivity contribution in [1.29, 1.82) is 0 Å². The smallest absolute Gasteiger partial charge is 0.266 e. The second-order valence-electron chi connectivity index (χ2n) is 3.10. The summed E-state index contributed by atoms with van der Waals surface area (Å²) in [6.07, 6.45) is 0. The van der Waals surface area contributed by atoms with Crippen molar-refractivity contribution in [2.24, 2.45) is 0 Å². The third kappa shape index (κ3) is 2.44. The summed E-state index contributed by atoms with van der Waals surface area (Å²) in [6, 6.07) is 8.68. The molecular weight excluding hydrogens is 224 g/mol. The molecule has 0 saturated carbocycles. The fourth-order valence-electron chi connectivity index (χ4n) is 1.22. The Balaban J connectivity index is 2.12. The van der Waals surface area contributed by atoms with Gasteiger partial charge in [0.25, 0.3) is 5.91 Å². The van der Waals surface area contributed by atoms with Gasteiger partial charge in [0.1, 0.15) is 5.82 Å². The van der Waals surface area contributed by atoms with Crippen LogP contribution in [0.5, 0.6) is 0 Å². The molecule has 2 aromatic heterocycles.